The van der Waals surface area contributed by atoms with E-state index in [2.05, 4.69) is 35.3 Å². The summed E-state index contributed by atoms with van der Waals surface area (Å²) in [4.78, 5) is 2.64. The van der Waals surface area contributed by atoms with Crippen LogP contribution in [0.1, 0.15) is 56.6 Å². The van der Waals surface area contributed by atoms with Gasteiger partial charge in [-0.15, -0.1) is 0 Å². The second-order valence-electron chi connectivity index (χ2n) is 6.76. The van der Waals surface area contributed by atoms with Crippen molar-refractivity contribution >= 4 is 5.69 Å². The van der Waals surface area contributed by atoms with E-state index in [4.69, 9.17) is 0 Å². The molecule has 21 heavy (non-hydrogen) atoms. The number of hydrogen-bond acceptors (Lipinski definition) is 2. The first-order valence-electron chi connectivity index (χ1n) is 8.96. The van der Waals surface area contributed by atoms with E-state index in [1.807, 2.05) is 0 Å². The molecule has 0 aromatic heterocycles. The average Bonchev–Trinajstić information content (AvgIpc) is 2.74. The normalized spacial score (nSPS) is 23.4. The van der Waals surface area contributed by atoms with Crippen molar-refractivity contribution in [1.82, 2.24) is 4.90 Å². The van der Waals surface area contributed by atoms with E-state index < -0.39 is 0 Å². The van der Waals surface area contributed by atoms with Gasteiger partial charge in [-0.25, -0.2) is 0 Å². The molecule has 1 atom stereocenters. The van der Waals surface area contributed by atoms with Crippen LogP contribution in [-0.2, 0) is 12.8 Å². The van der Waals surface area contributed by atoms with Crippen LogP contribution in [0.5, 0.6) is 0 Å². The van der Waals surface area contributed by atoms with Gasteiger partial charge in [0.25, 0.3) is 0 Å². The SMILES string of the molecule is CCCN1CCCC(Nc2cccc3c2CCCC3)CC1. The molecule has 1 saturated heterocycles. The molecule has 2 nitrogen and oxygen atoms in total. The Hall–Kier alpha value is -1.02. The predicted molar refractivity (Wildman–Crippen MR) is 91.1 cm³/mol. The summed E-state index contributed by atoms with van der Waals surface area (Å²) >= 11 is 0. The van der Waals surface area contributed by atoms with E-state index in [1.165, 1.54) is 76.7 Å². The molecule has 1 fully saturated rings. The standard InChI is InChI=1S/C19H30N2/c1-2-13-21-14-6-9-17(12-15-21)20-19-11-5-8-16-7-3-4-10-18(16)19/h5,8,11,17,20H,2-4,6-7,9-10,12-15H2,1H3. The second kappa shape index (κ2) is 7.31. The maximum Gasteiger partial charge on any atom is 0.0377 e. The zero-order chi connectivity index (χ0) is 14.5. The van der Waals surface area contributed by atoms with Crippen molar-refractivity contribution in [2.45, 2.75) is 64.3 Å². The summed E-state index contributed by atoms with van der Waals surface area (Å²) < 4.78 is 0. The van der Waals surface area contributed by atoms with Crippen molar-refractivity contribution in [2.24, 2.45) is 0 Å². The van der Waals surface area contributed by atoms with Crippen molar-refractivity contribution in [2.75, 3.05) is 25.0 Å². The van der Waals surface area contributed by atoms with Gasteiger partial charge in [0, 0.05) is 18.3 Å². The molecular formula is C19H30N2. The molecule has 0 bridgehead atoms. The molecule has 2 aliphatic rings. The quantitative estimate of drug-likeness (QED) is 0.890. The van der Waals surface area contributed by atoms with Crippen LogP contribution in [0.2, 0.25) is 0 Å². The molecule has 2 heteroatoms. The van der Waals surface area contributed by atoms with E-state index in [-0.39, 0.29) is 0 Å². The van der Waals surface area contributed by atoms with Gasteiger partial charge >= 0.3 is 0 Å². The lowest BCUT2D eigenvalue weighted by Gasteiger charge is -2.24. The number of nitrogens with one attached hydrogen (secondary N) is 1. The van der Waals surface area contributed by atoms with Crippen LogP contribution < -0.4 is 5.32 Å². The summed E-state index contributed by atoms with van der Waals surface area (Å²) in [5, 5.41) is 3.88. The Balaban J connectivity index is 1.64. The smallest absolute Gasteiger partial charge is 0.0377 e. The summed E-state index contributed by atoms with van der Waals surface area (Å²) in [5.41, 5.74) is 4.63. The minimum Gasteiger partial charge on any atom is -0.382 e. The highest BCUT2D eigenvalue weighted by Crippen LogP contribution is 2.29. The summed E-state index contributed by atoms with van der Waals surface area (Å²) in [5.74, 6) is 0. The largest absolute Gasteiger partial charge is 0.382 e. The summed E-state index contributed by atoms with van der Waals surface area (Å²) in [6, 6.07) is 7.54. The topological polar surface area (TPSA) is 15.3 Å². The van der Waals surface area contributed by atoms with Gasteiger partial charge in [0.1, 0.15) is 0 Å². The number of nitrogens with zero attached hydrogens (tertiary/aromatic N) is 1. The van der Waals surface area contributed by atoms with Gasteiger partial charge in [0.2, 0.25) is 0 Å². The maximum absolute atomic E-state index is 3.88. The van der Waals surface area contributed by atoms with Crippen molar-refractivity contribution in [1.29, 1.82) is 0 Å². The van der Waals surface area contributed by atoms with Crippen molar-refractivity contribution < 1.29 is 0 Å². The van der Waals surface area contributed by atoms with Crippen LogP contribution in [-0.4, -0.2) is 30.6 Å². The fourth-order valence-electron chi connectivity index (χ4n) is 3.98. The predicted octanol–water partition coefficient (Wildman–Crippen LogP) is 4.24. The van der Waals surface area contributed by atoms with Crippen LogP contribution in [0.25, 0.3) is 0 Å². The van der Waals surface area contributed by atoms with Crippen molar-refractivity contribution in [3.63, 3.8) is 0 Å². The Morgan fingerprint density at radius 1 is 1.10 bits per heavy atom. The third kappa shape index (κ3) is 3.79. The van der Waals surface area contributed by atoms with E-state index in [0.717, 1.165) is 0 Å². The Bertz CT molecular complexity index is 455. The van der Waals surface area contributed by atoms with E-state index >= 15 is 0 Å². The van der Waals surface area contributed by atoms with Crippen LogP contribution in [0.15, 0.2) is 18.2 Å². The fraction of sp³-hybridized carbons (Fsp3) is 0.684. The third-order valence-electron chi connectivity index (χ3n) is 5.12. The number of likely N-dealkylation sites (tertiary alicyclic amines) is 1. The van der Waals surface area contributed by atoms with Gasteiger partial charge in [-0.2, -0.15) is 0 Å². The molecule has 1 aliphatic heterocycles. The average molecular weight is 286 g/mol. The zero-order valence-corrected chi connectivity index (χ0v) is 13.5. The van der Waals surface area contributed by atoms with Gasteiger partial charge in [0.15, 0.2) is 0 Å². The molecule has 0 spiro atoms. The van der Waals surface area contributed by atoms with Gasteiger partial charge in [-0.05, 0) is 81.6 Å². The molecule has 0 radical (unpaired) electrons. The fourth-order valence-corrected chi connectivity index (χ4v) is 3.98. The van der Waals surface area contributed by atoms with Gasteiger partial charge < -0.3 is 10.2 Å². The Morgan fingerprint density at radius 2 is 2.00 bits per heavy atom. The molecule has 116 valence electrons. The summed E-state index contributed by atoms with van der Waals surface area (Å²) in [6.07, 6.45) is 10.5. The minimum absolute atomic E-state index is 0.667. The van der Waals surface area contributed by atoms with Gasteiger partial charge in [-0.3, -0.25) is 0 Å². The summed E-state index contributed by atoms with van der Waals surface area (Å²) in [6.45, 7) is 6.11. The molecule has 0 saturated carbocycles. The molecule has 1 unspecified atom stereocenters. The third-order valence-corrected chi connectivity index (χ3v) is 5.12. The first-order valence-corrected chi connectivity index (χ1v) is 8.96. The molecule has 0 amide bonds. The molecule has 1 aromatic carbocycles. The number of anilines is 1. The monoisotopic (exact) mass is 286 g/mol. The lowest BCUT2D eigenvalue weighted by atomic mass is 9.90. The summed E-state index contributed by atoms with van der Waals surface area (Å²) in [7, 11) is 0. The number of fused-ring (bicyclic) bond motifs is 1. The lowest BCUT2D eigenvalue weighted by Crippen LogP contribution is -2.27. The highest BCUT2D eigenvalue weighted by atomic mass is 15.1. The van der Waals surface area contributed by atoms with Crippen molar-refractivity contribution in [3.8, 4) is 0 Å². The number of aryl methyl sites for hydroxylation is 1. The molecule has 3 rings (SSSR count). The first kappa shape index (κ1) is 14.9. The molecule has 1 heterocycles. The van der Waals surface area contributed by atoms with E-state index in [1.54, 1.807) is 11.1 Å². The van der Waals surface area contributed by atoms with Crippen LogP contribution in [0.4, 0.5) is 5.69 Å². The Labute approximate surface area is 129 Å². The van der Waals surface area contributed by atoms with Gasteiger partial charge in [0.05, 0.1) is 0 Å². The molecule has 1 aromatic rings. The number of hydrogen-bond donors (Lipinski definition) is 1. The first-order chi connectivity index (χ1) is 10.4. The van der Waals surface area contributed by atoms with Crippen LogP contribution >= 0.6 is 0 Å². The number of rotatable bonds is 4. The Kier molecular flexibility index (Phi) is 5.18. The zero-order valence-electron chi connectivity index (χ0n) is 13.5. The van der Waals surface area contributed by atoms with Crippen LogP contribution in [0, 0.1) is 0 Å². The van der Waals surface area contributed by atoms with E-state index in [0.29, 0.717) is 6.04 Å². The Morgan fingerprint density at radius 3 is 2.90 bits per heavy atom. The molecule has 1 aliphatic carbocycles. The van der Waals surface area contributed by atoms with Crippen LogP contribution in [0.3, 0.4) is 0 Å². The second-order valence-corrected chi connectivity index (χ2v) is 6.76. The highest BCUT2D eigenvalue weighted by molar-refractivity contribution is 5.56. The van der Waals surface area contributed by atoms with Gasteiger partial charge in [-0.1, -0.05) is 19.1 Å². The lowest BCUT2D eigenvalue weighted by molar-refractivity contribution is 0.285. The molecule has 1 N–H and O–H groups in total. The van der Waals surface area contributed by atoms with E-state index in [9.17, 15) is 0 Å². The molecular weight excluding hydrogens is 256 g/mol. The highest BCUT2D eigenvalue weighted by Gasteiger charge is 2.19. The number of benzene rings is 1. The minimum atomic E-state index is 0.667. The maximum atomic E-state index is 3.88. The van der Waals surface area contributed by atoms with Crippen molar-refractivity contribution in [3.05, 3.63) is 29.3 Å².